The number of hydrogen-bond acceptors (Lipinski definition) is 22. The van der Waals surface area contributed by atoms with Crippen molar-refractivity contribution < 1.29 is 96.8 Å². The number of guanidine groups is 1. The van der Waals surface area contributed by atoms with Crippen LogP contribution in [0, 0.1) is 11.3 Å². The number of unbranched alkanes of at least 4 members (excludes halogenated alkanes) is 2. The molecule has 43 heteroatoms. The number of likely N-dealkylation sites (N-methyl/N-ethyl adjacent to an activating group) is 3. The zero-order valence-electron chi connectivity index (χ0n) is 76.6. The third-order valence-corrected chi connectivity index (χ3v) is 23.5. The van der Waals surface area contributed by atoms with Crippen molar-refractivity contribution in [2.45, 2.75) is 241 Å². The summed E-state index contributed by atoms with van der Waals surface area (Å²) < 4.78 is 0. The molecular formula is C90H131N23O20. The van der Waals surface area contributed by atoms with Crippen molar-refractivity contribution in [1.82, 2.24) is 93.0 Å². The summed E-state index contributed by atoms with van der Waals surface area (Å²) in [7, 11) is 4.16. The number of primary amides is 2. The Hall–Kier alpha value is -13.6. The molecule has 43 nitrogen and oxygen atoms in total. The smallest absolute Gasteiger partial charge is 0.246 e. The van der Waals surface area contributed by atoms with Gasteiger partial charge in [-0.2, -0.15) is 0 Å². The second-order valence-electron chi connectivity index (χ2n) is 34.1. The Morgan fingerprint density at radius 1 is 0.564 bits per heavy atom. The Balaban J connectivity index is 1.06. The molecule has 726 valence electrons. The lowest BCUT2D eigenvalue weighted by atomic mass is 10.00. The minimum Gasteiger partial charge on any atom is -0.508 e. The van der Waals surface area contributed by atoms with Gasteiger partial charge in [0.15, 0.2) is 5.96 Å². The number of aromatic nitrogens is 2. The monoisotopic (exact) mass is 1850 g/mol. The molecule has 3 aromatic carbocycles. The first kappa shape index (κ1) is 106. The number of hydrogen-bond donors (Lipinski definition) is 21. The summed E-state index contributed by atoms with van der Waals surface area (Å²) in [5.41, 5.74) is 25.2. The van der Waals surface area contributed by atoms with Gasteiger partial charge in [-0.05, 0) is 118 Å². The highest BCUT2D eigenvalue weighted by Gasteiger charge is 2.46. The summed E-state index contributed by atoms with van der Waals surface area (Å²) in [6, 6.07) is 0.607. The number of nitrogens with two attached hydrogens (primary N) is 4. The maximum atomic E-state index is 15.4. The zero-order chi connectivity index (χ0) is 98.0. The quantitative estimate of drug-likeness (QED) is 0.00603. The first-order valence-electron chi connectivity index (χ1n) is 44.7. The number of likely N-dealkylation sites (tertiary alicyclic amines) is 2. The van der Waals surface area contributed by atoms with E-state index in [9.17, 15) is 72.9 Å². The number of phenols is 1. The first-order valence-corrected chi connectivity index (χ1v) is 44.7. The third kappa shape index (κ3) is 31.0. The number of benzene rings is 3. The van der Waals surface area contributed by atoms with Crippen LogP contribution < -0.4 is 81.4 Å². The van der Waals surface area contributed by atoms with Crippen molar-refractivity contribution in [3.05, 3.63) is 114 Å². The number of phenolic OH excluding ortho intramolecular Hbond substituents is 1. The molecule has 17 amide bonds. The lowest BCUT2D eigenvalue weighted by Gasteiger charge is -2.36. The SMILES string of the molecule is CCCCC(C(=O)N(C)C(CCCC)C(=O)NC(C)CCCNC(=N)N)N(C)C(=O)C(Cc1c[nH]c2ccccc12)NC(=O)[C@H](CO)NC(=O)C(Cc1c[nH]c2ccccc12)NC(=O)C1C[C@@H](O)CN1C(=O)C(CC(C)C)NC(=O)C(CN)NC(=O)C1CCCN1C(=O)C(CC(N)=O)NC(=O)C(C)N(C)C(=O)C(Cc1ccc(O)cc1)NC(=O)/C=C/CC(NC=O)C(=O)NCC(N)=O. The predicted molar refractivity (Wildman–Crippen MR) is 490 cm³/mol. The molecule has 2 aromatic heterocycles. The normalized spacial score (nSPS) is 16.9. The molecule has 7 rings (SSSR count). The molecule has 13 unspecified atom stereocenters. The van der Waals surface area contributed by atoms with E-state index in [4.69, 9.17) is 28.3 Å². The number of nitrogens with one attached hydrogen (secondary N) is 14. The van der Waals surface area contributed by atoms with Crippen LogP contribution in [0.15, 0.2) is 97.3 Å². The summed E-state index contributed by atoms with van der Waals surface area (Å²) >= 11 is 0. The van der Waals surface area contributed by atoms with Crippen LogP contribution in [0.25, 0.3) is 21.8 Å². The van der Waals surface area contributed by atoms with Gasteiger partial charge in [0.2, 0.25) is 101 Å². The van der Waals surface area contributed by atoms with Crippen LogP contribution in [0.2, 0.25) is 0 Å². The van der Waals surface area contributed by atoms with Crippen molar-refractivity contribution in [2.75, 3.05) is 60.5 Å². The molecule has 2 aliphatic rings. The first-order chi connectivity index (χ1) is 63.2. The van der Waals surface area contributed by atoms with Crippen LogP contribution in [-0.4, -0.2) is 308 Å². The van der Waals surface area contributed by atoms with Crippen LogP contribution in [0.4, 0.5) is 0 Å². The Bertz CT molecular complexity index is 4940. The number of para-hydroxylation sites is 2. The summed E-state index contributed by atoms with van der Waals surface area (Å²) in [6.07, 6.45) is 6.23. The highest BCUT2D eigenvalue weighted by molar-refractivity contribution is 6.02. The van der Waals surface area contributed by atoms with E-state index in [-0.39, 0.29) is 94.4 Å². The lowest BCUT2D eigenvalue weighted by molar-refractivity contribution is -0.149. The van der Waals surface area contributed by atoms with Gasteiger partial charge in [0.05, 0.1) is 25.7 Å². The summed E-state index contributed by atoms with van der Waals surface area (Å²) in [4.78, 5) is 250. The van der Waals surface area contributed by atoms with E-state index in [0.717, 1.165) is 20.8 Å². The number of aliphatic hydroxyl groups excluding tert-OH is 2. The van der Waals surface area contributed by atoms with Gasteiger partial charge in [0.1, 0.15) is 84.3 Å². The number of aliphatic hydroxyl groups is 2. The molecule has 0 radical (unpaired) electrons. The maximum Gasteiger partial charge on any atom is 0.246 e. The van der Waals surface area contributed by atoms with E-state index >= 15 is 24.0 Å². The van der Waals surface area contributed by atoms with Crippen LogP contribution in [0.3, 0.4) is 0 Å². The van der Waals surface area contributed by atoms with Gasteiger partial charge in [-0.15, -0.1) is 0 Å². The second kappa shape index (κ2) is 51.9. The van der Waals surface area contributed by atoms with E-state index in [2.05, 4.69) is 68.5 Å². The number of carbonyl (C=O) groups is 17. The molecule has 0 bridgehead atoms. The molecule has 0 aliphatic carbocycles. The van der Waals surface area contributed by atoms with Crippen molar-refractivity contribution in [2.24, 2.45) is 28.9 Å². The Morgan fingerprint density at radius 2 is 1.11 bits per heavy atom. The maximum absolute atomic E-state index is 15.4. The Labute approximate surface area is 770 Å². The Kier molecular flexibility index (Phi) is 41.5. The number of carbonyl (C=O) groups excluding carboxylic acids is 17. The molecule has 133 heavy (non-hydrogen) atoms. The Morgan fingerprint density at radius 3 is 1.69 bits per heavy atom. The van der Waals surface area contributed by atoms with Gasteiger partial charge in [0, 0.05) is 113 Å². The molecular weight excluding hydrogens is 1720 g/mol. The summed E-state index contributed by atoms with van der Waals surface area (Å²) in [5.74, 6) is -14.6. The minimum atomic E-state index is -1.83. The van der Waals surface area contributed by atoms with E-state index in [0.29, 0.717) is 90.0 Å². The van der Waals surface area contributed by atoms with Crippen LogP contribution in [0.1, 0.15) is 148 Å². The molecule has 0 saturated carbocycles. The van der Waals surface area contributed by atoms with Gasteiger partial charge >= 0.3 is 0 Å². The fourth-order valence-corrected chi connectivity index (χ4v) is 16.1. The van der Waals surface area contributed by atoms with Gasteiger partial charge in [-0.25, -0.2) is 0 Å². The van der Waals surface area contributed by atoms with E-state index in [1.165, 1.54) is 68.2 Å². The van der Waals surface area contributed by atoms with Crippen molar-refractivity contribution in [3.63, 3.8) is 0 Å². The average Bonchev–Trinajstić information content (AvgIpc) is 1.69. The van der Waals surface area contributed by atoms with Gasteiger partial charge in [-0.1, -0.05) is 108 Å². The van der Waals surface area contributed by atoms with E-state index < -0.39 is 212 Å². The molecule has 5 aromatic rings. The minimum absolute atomic E-state index is 0.0145. The number of β-amino-alcohol motifs (C(OH)–C–C–N with tert-alkyl or cyclic N) is 1. The predicted octanol–water partition coefficient (Wildman–Crippen LogP) is -3.09. The van der Waals surface area contributed by atoms with Gasteiger partial charge in [0.25, 0.3) is 0 Å². The van der Waals surface area contributed by atoms with Crippen molar-refractivity contribution in [1.29, 1.82) is 5.41 Å². The number of aromatic hydroxyl groups is 1. The second-order valence-corrected chi connectivity index (χ2v) is 34.1. The van der Waals surface area contributed by atoms with Crippen molar-refractivity contribution >= 4 is 129 Å². The molecule has 15 atom stereocenters. The molecule has 0 spiro atoms. The molecule has 2 fully saturated rings. The fourth-order valence-electron chi connectivity index (χ4n) is 16.1. The number of amides is 17. The number of aromatic amines is 2. The largest absolute Gasteiger partial charge is 0.508 e. The van der Waals surface area contributed by atoms with Gasteiger partial charge in [-0.3, -0.25) is 86.9 Å². The molecule has 2 aliphatic heterocycles. The van der Waals surface area contributed by atoms with Crippen LogP contribution in [0.5, 0.6) is 5.75 Å². The number of H-pyrrole nitrogens is 2. The van der Waals surface area contributed by atoms with Crippen molar-refractivity contribution in [3.8, 4) is 5.75 Å². The average molecular weight is 1860 g/mol. The number of rotatable bonds is 53. The zero-order valence-corrected chi connectivity index (χ0v) is 76.6. The summed E-state index contributed by atoms with van der Waals surface area (Å²) in [5, 5.41) is 69.9. The van der Waals surface area contributed by atoms with Gasteiger partial charge < -0.3 is 131 Å². The third-order valence-electron chi connectivity index (χ3n) is 23.5. The lowest BCUT2D eigenvalue weighted by Crippen LogP contribution is -2.62. The number of nitrogens with zero attached hydrogens (tertiary/aromatic N) is 5. The van der Waals surface area contributed by atoms with E-state index in [1.54, 1.807) is 62.6 Å². The van der Waals surface area contributed by atoms with Crippen LogP contribution in [-0.2, 0) is 101 Å². The number of fused-ring (bicyclic) bond motifs is 2. The summed E-state index contributed by atoms with van der Waals surface area (Å²) in [6.45, 7) is 8.08. The topological polar surface area (TPSA) is 659 Å². The fraction of sp³-hybridized carbons (Fsp3) is 0.533. The molecule has 4 heterocycles. The highest BCUT2D eigenvalue weighted by atomic mass is 16.3. The standard InChI is InChI=1S/C90H131N23O20/c1-10-12-27-70(82(126)101-51(5)21-19-35-96-90(94)95)110(8)89(133)72(28-13-11-2)111(9)86(130)66(40-55-45-98-61-25-17-15-23-59(55)61)106-81(125)69(48-114)108-79(123)63(39-54-44-97-60-24-16-14-22-58(54)60)103-84(128)73-41-57(117)47-113(73)88(132)64(37-50(3)4)105-80(124)68(43-91)107-83(127)71-29-20-36-112(71)87(131)67(42-74(92)118)104-77(121)52(6)109(7)85(129)65(38-53-31-33-56(116)34-32-53)102-76(120)30-18-26-62(100-49-115)78(122)99-46-75(93)119/h14-18,22-25,30-34,44-45,49-52,57,62-73,97-98,114,116-117H,10-13,19-21,26-29,35-43,46-48,91H2,1-9H3,(H2,92,118)(H2,93,119)(H,99,122)(H,100,115)(H,101,126)(H,102,120)(H,103,128)(H,104,121)(H,105,124)(H,106,125)(H,107,127)(H,108,123)(H4,94,95,96)/b30-18+/t51?,52?,57-,62?,63?,64?,65?,66?,67?,68?,69+,70?,71?,72?,73?/m1/s1. The van der Waals surface area contributed by atoms with E-state index in [1.807, 2.05) is 32.9 Å². The molecule has 2 saturated heterocycles. The van der Waals surface area contributed by atoms with Crippen LogP contribution >= 0.6 is 0 Å². The highest BCUT2D eigenvalue weighted by Crippen LogP contribution is 2.28. The molecule has 25 N–H and O–H groups in total.